The molecule has 0 saturated heterocycles. The van der Waals surface area contributed by atoms with Gasteiger partial charge in [-0.25, -0.2) is 14.8 Å². The van der Waals surface area contributed by atoms with E-state index in [0.29, 0.717) is 6.07 Å². The number of pyridine rings is 1. The van der Waals surface area contributed by atoms with Crippen LogP contribution in [-0.2, 0) is 6.18 Å². The Balaban J connectivity index is 2.26. The van der Waals surface area contributed by atoms with Crippen LogP contribution in [0.2, 0.25) is 0 Å². The molecule has 2 heterocycles. The third kappa shape index (κ3) is 8.80. The fourth-order valence-corrected chi connectivity index (χ4v) is 3.10. The number of hydrogen-bond donors (Lipinski definition) is 1. The number of amides is 2. The maximum absolute atomic E-state index is 12.7. The van der Waals surface area contributed by atoms with Gasteiger partial charge in [-0.2, -0.15) is 44.5 Å². The zero-order chi connectivity index (χ0) is 25.7. The highest BCUT2D eigenvalue weighted by Crippen LogP contribution is 2.29. The van der Waals surface area contributed by atoms with Crippen molar-refractivity contribution in [2.75, 3.05) is 29.5 Å². The first-order valence-corrected chi connectivity index (χ1v) is 10.3. The van der Waals surface area contributed by atoms with Crippen molar-refractivity contribution in [3.63, 3.8) is 0 Å². The predicted octanol–water partition coefficient (Wildman–Crippen LogP) is 4.76. The van der Waals surface area contributed by atoms with E-state index in [4.69, 9.17) is 0 Å². The first-order valence-electron chi connectivity index (χ1n) is 9.08. The number of nitrogens with zero attached hydrogens (tertiary/aromatic N) is 4. The second-order valence-electron chi connectivity index (χ2n) is 6.36. The molecule has 1 unspecified atom stereocenters. The summed E-state index contributed by atoms with van der Waals surface area (Å²) in [4.78, 5) is 23.9. The summed E-state index contributed by atoms with van der Waals surface area (Å²) in [6, 6.07) is 1.34. The Morgan fingerprint density at radius 2 is 1.74 bits per heavy atom. The second-order valence-corrected chi connectivity index (χ2v) is 7.58. The Labute approximate surface area is 187 Å². The molecule has 0 aliphatic carbocycles. The Morgan fingerprint density at radius 3 is 2.24 bits per heavy atom. The number of rotatable bonds is 7. The maximum Gasteiger partial charge on any atom is 0.433 e. The Hall–Kier alpha value is -2.90. The number of hydrogen-bond acceptors (Lipinski definition) is 5. The normalized spacial score (nSPS) is 12.8. The summed E-state index contributed by atoms with van der Waals surface area (Å²) in [6.07, 6.45) is -14.6. The summed E-state index contributed by atoms with van der Waals surface area (Å²) < 4.78 is 117. The number of anilines is 2. The maximum atomic E-state index is 12.7. The molecule has 2 rings (SSSR count). The van der Waals surface area contributed by atoms with Gasteiger partial charge in [0.15, 0.2) is 6.61 Å². The van der Waals surface area contributed by atoms with Crippen molar-refractivity contribution in [1.29, 1.82) is 0 Å². The van der Waals surface area contributed by atoms with Crippen LogP contribution < -0.4 is 20.4 Å². The fourth-order valence-electron chi connectivity index (χ4n) is 2.31. The average Bonchev–Trinajstić information content (AvgIpc) is 2.70. The van der Waals surface area contributed by atoms with E-state index in [-0.39, 0.29) is 17.7 Å². The molecule has 0 spiro atoms. The van der Waals surface area contributed by atoms with Crippen LogP contribution in [0.4, 0.5) is 55.9 Å². The van der Waals surface area contributed by atoms with Gasteiger partial charge in [0.25, 0.3) is 0 Å². The monoisotopic (exact) mass is 523 g/mol. The van der Waals surface area contributed by atoms with Gasteiger partial charge in [0, 0.05) is 12.6 Å². The number of nitrogens with one attached hydrogen (secondary N) is 1. The minimum atomic E-state index is -4.77. The molecule has 34 heavy (non-hydrogen) atoms. The van der Waals surface area contributed by atoms with E-state index in [1.807, 2.05) is 0 Å². The molecule has 0 bridgehead atoms. The third-order valence-electron chi connectivity index (χ3n) is 3.69. The molecule has 2 amide bonds. The lowest BCUT2D eigenvalue weighted by Gasteiger charge is -2.21. The lowest BCUT2D eigenvalue weighted by molar-refractivity contribution is -0.154. The highest BCUT2D eigenvalue weighted by Gasteiger charge is 2.33. The molecule has 7 nitrogen and oxygen atoms in total. The van der Waals surface area contributed by atoms with Crippen LogP contribution >= 0.6 is 8.58 Å². The van der Waals surface area contributed by atoms with Gasteiger partial charge in [0.1, 0.15) is 5.69 Å². The first kappa shape index (κ1) is 27.3. The highest BCUT2D eigenvalue weighted by atomic mass is 31.1. The topological polar surface area (TPSA) is 80.2 Å². The van der Waals surface area contributed by atoms with Crippen molar-refractivity contribution in [3.8, 4) is 5.88 Å². The molecule has 2 aromatic heterocycles. The van der Waals surface area contributed by atoms with E-state index in [2.05, 4.69) is 25.0 Å². The van der Waals surface area contributed by atoms with Gasteiger partial charge in [-0.1, -0.05) is 8.58 Å². The molecule has 188 valence electrons. The largest absolute Gasteiger partial charge is 0.468 e. The molecule has 0 aliphatic rings. The van der Waals surface area contributed by atoms with Crippen molar-refractivity contribution in [1.82, 2.24) is 15.0 Å². The molecule has 17 heteroatoms. The molecular weight excluding hydrogens is 508 g/mol. The van der Waals surface area contributed by atoms with E-state index in [0.717, 1.165) is 23.2 Å². The van der Waals surface area contributed by atoms with Gasteiger partial charge in [-0.15, -0.1) is 0 Å². The molecule has 1 atom stereocenters. The number of carbonyl (C=O) groups is 1. The van der Waals surface area contributed by atoms with Gasteiger partial charge in [-0.3, -0.25) is 10.2 Å². The molecule has 0 aliphatic heterocycles. The summed E-state index contributed by atoms with van der Waals surface area (Å²) in [5.74, 6) is -1.39. The van der Waals surface area contributed by atoms with Crippen LogP contribution in [0.15, 0.2) is 24.4 Å². The fraction of sp³-hybridized carbons (Fsp3) is 0.412. The zero-order valence-corrected chi connectivity index (χ0v) is 17.9. The van der Waals surface area contributed by atoms with E-state index in [1.165, 1.54) is 6.92 Å². The summed E-state index contributed by atoms with van der Waals surface area (Å²) in [6.45, 7) is -0.430. The lowest BCUT2D eigenvalue weighted by Crippen LogP contribution is -2.36. The predicted molar refractivity (Wildman–Crippen MR) is 104 cm³/mol. The van der Waals surface area contributed by atoms with Crippen LogP contribution in [0.5, 0.6) is 5.88 Å². The van der Waals surface area contributed by atoms with Crippen LogP contribution in [-0.4, -0.2) is 52.6 Å². The summed E-state index contributed by atoms with van der Waals surface area (Å²) in [7, 11) is -1.02. The van der Waals surface area contributed by atoms with Crippen LogP contribution in [0.25, 0.3) is 0 Å². The van der Waals surface area contributed by atoms with E-state index in [1.54, 1.807) is 0 Å². The van der Waals surface area contributed by atoms with E-state index in [9.17, 15) is 44.3 Å². The van der Waals surface area contributed by atoms with Gasteiger partial charge >= 0.3 is 24.6 Å². The van der Waals surface area contributed by atoms with Gasteiger partial charge < -0.3 is 4.74 Å². The molecule has 2 aromatic rings. The summed E-state index contributed by atoms with van der Waals surface area (Å²) in [5, 5.41) is 2.09. The van der Waals surface area contributed by atoms with E-state index < -0.39 is 63.4 Å². The van der Waals surface area contributed by atoms with Gasteiger partial charge in [-0.05, 0) is 19.1 Å². The number of halogens is 9. The second kappa shape index (κ2) is 10.6. The first-order chi connectivity index (χ1) is 15.6. The van der Waals surface area contributed by atoms with E-state index >= 15 is 0 Å². The lowest BCUT2D eigenvalue weighted by atomic mass is 10.3. The van der Waals surface area contributed by atoms with Crippen molar-refractivity contribution >= 4 is 31.7 Å². The zero-order valence-electron chi connectivity index (χ0n) is 16.9. The smallest absolute Gasteiger partial charge is 0.433 e. The standard InChI is InChI=1S/C17H15F9N5O2P/c1-2-31(9-3-4-10(27-6-9)17(24,25)26)14(32)30-13-28-11(33-7-15(18,19)20)5-12(29-13)34-8-16(21,22)23/h3-6,34H,2,7-8H2,1H3,(H,28,29,30,32). The van der Waals surface area contributed by atoms with Crippen molar-refractivity contribution < 1.29 is 49.0 Å². The highest BCUT2D eigenvalue weighted by molar-refractivity contribution is 7.46. The summed E-state index contributed by atoms with van der Waals surface area (Å²) in [5.41, 5.74) is -1.61. The Bertz CT molecular complexity index is 945. The van der Waals surface area contributed by atoms with Gasteiger partial charge in [0.2, 0.25) is 11.8 Å². The molecule has 0 saturated carbocycles. The molecule has 0 fully saturated rings. The molecule has 0 radical (unpaired) electrons. The minimum Gasteiger partial charge on any atom is -0.468 e. The quantitative estimate of drug-likeness (QED) is 0.419. The van der Waals surface area contributed by atoms with Crippen molar-refractivity contribution in [2.45, 2.75) is 25.5 Å². The van der Waals surface area contributed by atoms with Crippen LogP contribution in [0.1, 0.15) is 12.6 Å². The van der Waals surface area contributed by atoms with Crippen LogP contribution in [0.3, 0.4) is 0 Å². The Morgan fingerprint density at radius 1 is 1.06 bits per heavy atom. The summed E-state index contributed by atoms with van der Waals surface area (Å²) >= 11 is 0. The molecular formula is C17H15F9N5O2P. The number of ether oxygens (including phenoxy) is 1. The molecule has 0 aromatic carbocycles. The van der Waals surface area contributed by atoms with Crippen molar-refractivity contribution in [2.24, 2.45) is 0 Å². The number of aromatic nitrogens is 3. The third-order valence-corrected chi connectivity index (χ3v) is 4.88. The Kier molecular flexibility index (Phi) is 8.50. The van der Waals surface area contributed by atoms with Crippen LogP contribution in [0, 0.1) is 0 Å². The molecule has 1 N–H and O–H groups in total. The number of alkyl halides is 9. The minimum absolute atomic E-state index is 0.0726. The SMILES string of the molecule is CCN(C(=O)Nc1nc(OCC(F)(F)F)cc(PCC(F)(F)F)n1)c1ccc(C(F)(F)F)nc1. The van der Waals surface area contributed by atoms with Gasteiger partial charge in [0.05, 0.1) is 23.5 Å². The number of urea groups is 1. The average molecular weight is 523 g/mol. The van der Waals surface area contributed by atoms with Crippen molar-refractivity contribution in [3.05, 3.63) is 30.1 Å². The number of carbonyl (C=O) groups excluding carboxylic acids is 1.